The number of rotatable bonds is 33. The molecule has 3 atom stereocenters. The van der Waals surface area contributed by atoms with Crippen LogP contribution in [0.15, 0.2) is 24.3 Å². The van der Waals surface area contributed by atoms with Crippen LogP contribution in [0.2, 0.25) is 0 Å². The minimum absolute atomic E-state index is 0.147. The maximum Gasteiger partial charge on any atom is 0.472 e. The van der Waals surface area contributed by atoms with Gasteiger partial charge in [0.2, 0.25) is 0 Å². The second-order valence-electron chi connectivity index (χ2n) is 12.0. The fraction of sp³-hybridized carbons (Fsp3) is 0.800. The fourth-order valence-electron chi connectivity index (χ4n) is 4.56. The van der Waals surface area contributed by atoms with Gasteiger partial charge in [0, 0.05) is 12.8 Å². The Hall–Kier alpha value is -2.04. The molecule has 0 aromatic carbocycles. The maximum absolute atomic E-state index is 12.5. The number of allylic oxidation sites excluding steroid dienone is 4. The molecule has 0 fully saturated rings. The van der Waals surface area contributed by atoms with Crippen molar-refractivity contribution in [2.45, 2.75) is 161 Å². The van der Waals surface area contributed by atoms with Gasteiger partial charge >= 0.3 is 25.7 Å². The highest BCUT2D eigenvalue weighted by Gasteiger charge is 2.28. The molecule has 0 bridgehead atoms. The Kier molecular flexibility index (Phi) is 29.9. The highest BCUT2D eigenvalue weighted by molar-refractivity contribution is 7.47. The molecule has 4 N–H and O–H groups in total. The third-order valence-corrected chi connectivity index (χ3v) is 8.40. The minimum Gasteiger partial charge on any atom is -0.480 e. The second kappa shape index (κ2) is 31.2. The lowest BCUT2D eigenvalue weighted by Gasteiger charge is -2.20. The Balaban J connectivity index is 4.48. The van der Waals surface area contributed by atoms with E-state index < -0.39 is 51.1 Å². The van der Waals surface area contributed by atoms with Crippen LogP contribution in [0.1, 0.15) is 149 Å². The Morgan fingerprint density at radius 2 is 1.13 bits per heavy atom. The lowest BCUT2D eigenvalue weighted by Crippen LogP contribution is -2.34. The van der Waals surface area contributed by atoms with E-state index in [-0.39, 0.29) is 19.4 Å². The van der Waals surface area contributed by atoms with Gasteiger partial charge in [-0.1, -0.05) is 115 Å². The molecule has 0 rings (SSSR count). The van der Waals surface area contributed by atoms with Crippen molar-refractivity contribution in [3.8, 4) is 0 Å². The number of esters is 2. The van der Waals surface area contributed by atoms with E-state index >= 15 is 0 Å². The monoisotopic (exact) mass is 689 g/mol. The van der Waals surface area contributed by atoms with Crippen LogP contribution in [0, 0.1) is 0 Å². The van der Waals surface area contributed by atoms with E-state index in [1.54, 1.807) is 0 Å². The van der Waals surface area contributed by atoms with Crippen LogP contribution in [0.25, 0.3) is 0 Å². The summed E-state index contributed by atoms with van der Waals surface area (Å²) in [4.78, 5) is 45.5. The van der Waals surface area contributed by atoms with Crippen molar-refractivity contribution in [2.24, 2.45) is 5.73 Å². The van der Waals surface area contributed by atoms with Gasteiger partial charge in [-0.05, 0) is 44.9 Å². The van der Waals surface area contributed by atoms with E-state index in [9.17, 15) is 23.8 Å². The zero-order valence-corrected chi connectivity index (χ0v) is 30.0. The molecule has 0 spiro atoms. The van der Waals surface area contributed by atoms with Gasteiger partial charge in [0.25, 0.3) is 0 Å². The predicted molar refractivity (Wildman–Crippen MR) is 185 cm³/mol. The van der Waals surface area contributed by atoms with Crippen molar-refractivity contribution in [3.05, 3.63) is 24.3 Å². The molecule has 0 heterocycles. The summed E-state index contributed by atoms with van der Waals surface area (Å²) in [5.74, 6) is -2.40. The first-order valence-corrected chi connectivity index (χ1v) is 19.4. The SMILES string of the molecule is CCCCC/C=C\C/C=C\CCCCCCCC(=O)OC(COC(=O)CCCCCCCCCC)COP(=O)(O)OCC(N)C(=O)O. The largest absolute Gasteiger partial charge is 0.480 e. The van der Waals surface area contributed by atoms with Crippen LogP contribution in [0.4, 0.5) is 0 Å². The number of hydrogen-bond donors (Lipinski definition) is 3. The number of nitrogens with two attached hydrogens (primary N) is 1. The molecule has 0 saturated heterocycles. The molecule has 11 nitrogen and oxygen atoms in total. The first kappa shape index (κ1) is 45.0. The summed E-state index contributed by atoms with van der Waals surface area (Å²) in [6, 6.07) is -1.52. The first-order valence-electron chi connectivity index (χ1n) is 17.9. The third kappa shape index (κ3) is 31.0. The Morgan fingerprint density at radius 3 is 1.70 bits per heavy atom. The summed E-state index contributed by atoms with van der Waals surface area (Å²) in [5, 5.41) is 8.83. The molecule has 0 aliphatic carbocycles. The number of unbranched alkanes of at least 4 members (excludes halogenated alkanes) is 15. The molecule has 0 aromatic heterocycles. The number of carbonyl (C=O) groups is 3. The number of aliphatic carboxylic acids is 1. The standard InChI is InChI=1S/C35H64NO10P/c1-3-5-7-9-11-13-14-15-16-17-18-19-21-23-25-27-34(38)46-31(29-44-47(41,42)45-30-32(36)35(39)40)28-43-33(37)26-24-22-20-12-10-8-6-4-2/h11,13,15-16,31-32H,3-10,12,14,17-30,36H2,1-2H3,(H,39,40)(H,41,42)/b13-11-,16-15-. The number of carbonyl (C=O) groups excluding carboxylic acids is 2. The van der Waals surface area contributed by atoms with Crippen molar-refractivity contribution in [3.63, 3.8) is 0 Å². The normalized spacial score (nSPS) is 14.3. The number of phosphoric acid groups is 1. The summed E-state index contributed by atoms with van der Waals surface area (Å²) in [6.45, 7) is 2.69. The highest BCUT2D eigenvalue weighted by Crippen LogP contribution is 2.43. The molecule has 274 valence electrons. The van der Waals surface area contributed by atoms with Gasteiger partial charge in [0.05, 0.1) is 13.2 Å². The smallest absolute Gasteiger partial charge is 0.472 e. The molecule has 0 amide bonds. The topological polar surface area (TPSA) is 172 Å². The third-order valence-electron chi connectivity index (χ3n) is 7.45. The zero-order chi connectivity index (χ0) is 35.0. The molecule has 12 heteroatoms. The second-order valence-corrected chi connectivity index (χ2v) is 13.5. The van der Waals surface area contributed by atoms with Gasteiger partial charge in [0.15, 0.2) is 6.10 Å². The summed E-state index contributed by atoms with van der Waals surface area (Å²) in [6.07, 6.45) is 28.4. The van der Waals surface area contributed by atoms with Gasteiger partial charge in [-0.3, -0.25) is 23.4 Å². The molecular weight excluding hydrogens is 625 g/mol. The summed E-state index contributed by atoms with van der Waals surface area (Å²) in [7, 11) is -4.70. The van der Waals surface area contributed by atoms with E-state index in [2.05, 4.69) is 42.7 Å². The van der Waals surface area contributed by atoms with Gasteiger partial charge in [0.1, 0.15) is 12.6 Å². The minimum atomic E-state index is -4.70. The van der Waals surface area contributed by atoms with E-state index in [0.717, 1.165) is 64.2 Å². The maximum atomic E-state index is 12.5. The average Bonchev–Trinajstić information content (AvgIpc) is 3.04. The lowest BCUT2D eigenvalue weighted by atomic mass is 10.1. The van der Waals surface area contributed by atoms with Crippen LogP contribution < -0.4 is 5.73 Å². The van der Waals surface area contributed by atoms with Crippen molar-refractivity contribution >= 4 is 25.7 Å². The molecule has 0 saturated carbocycles. The summed E-state index contributed by atoms with van der Waals surface area (Å²) < 4.78 is 32.4. The molecule has 3 unspecified atom stereocenters. The number of hydrogen-bond acceptors (Lipinski definition) is 9. The van der Waals surface area contributed by atoms with E-state index in [4.69, 9.17) is 24.8 Å². The molecule has 0 aliphatic heterocycles. The van der Waals surface area contributed by atoms with Gasteiger partial charge in [-0.25, -0.2) is 4.57 Å². The molecule has 47 heavy (non-hydrogen) atoms. The highest BCUT2D eigenvalue weighted by atomic mass is 31.2. The Morgan fingerprint density at radius 1 is 0.660 bits per heavy atom. The van der Waals surface area contributed by atoms with Crippen LogP contribution in [-0.2, 0) is 37.5 Å². The van der Waals surface area contributed by atoms with Crippen LogP contribution in [0.5, 0.6) is 0 Å². The number of ether oxygens (including phenoxy) is 2. The van der Waals surface area contributed by atoms with Gasteiger partial charge in [-0.2, -0.15) is 0 Å². The van der Waals surface area contributed by atoms with Gasteiger partial charge in [-0.15, -0.1) is 0 Å². The van der Waals surface area contributed by atoms with Crippen LogP contribution in [-0.4, -0.2) is 59.9 Å². The summed E-state index contributed by atoms with van der Waals surface area (Å²) in [5.41, 5.74) is 5.30. The number of carboxylic acid groups (broad SMARTS) is 1. The van der Waals surface area contributed by atoms with Crippen molar-refractivity contribution < 1.29 is 47.5 Å². The summed E-state index contributed by atoms with van der Waals surface area (Å²) >= 11 is 0. The Bertz CT molecular complexity index is 911. The lowest BCUT2D eigenvalue weighted by molar-refractivity contribution is -0.161. The van der Waals surface area contributed by atoms with E-state index in [1.165, 1.54) is 44.9 Å². The molecule has 0 aliphatic rings. The van der Waals surface area contributed by atoms with Crippen LogP contribution in [0.3, 0.4) is 0 Å². The Labute approximate surface area is 283 Å². The van der Waals surface area contributed by atoms with E-state index in [0.29, 0.717) is 12.8 Å². The molecule has 0 radical (unpaired) electrons. The molecular formula is C35H64NO10P. The number of phosphoric ester groups is 1. The van der Waals surface area contributed by atoms with Crippen molar-refractivity contribution in [1.82, 2.24) is 0 Å². The quantitative estimate of drug-likeness (QED) is 0.0262. The van der Waals surface area contributed by atoms with E-state index in [1.807, 2.05) is 0 Å². The zero-order valence-electron chi connectivity index (χ0n) is 29.1. The van der Waals surface area contributed by atoms with Crippen molar-refractivity contribution in [1.29, 1.82) is 0 Å². The number of carboxylic acids is 1. The predicted octanol–water partition coefficient (Wildman–Crippen LogP) is 8.33. The first-order chi connectivity index (χ1) is 22.6. The fourth-order valence-corrected chi connectivity index (χ4v) is 5.34. The average molecular weight is 690 g/mol. The van der Waals surface area contributed by atoms with Crippen LogP contribution >= 0.6 is 7.82 Å². The van der Waals surface area contributed by atoms with Gasteiger partial charge < -0.3 is 25.2 Å². The molecule has 0 aromatic rings. The van der Waals surface area contributed by atoms with Crippen molar-refractivity contribution in [2.75, 3.05) is 19.8 Å².